The zero-order valence-corrected chi connectivity index (χ0v) is 19.5. The molecule has 0 spiro atoms. The molecule has 1 aliphatic rings. The predicted molar refractivity (Wildman–Crippen MR) is 130 cm³/mol. The van der Waals surface area contributed by atoms with Crippen LogP contribution >= 0.6 is 11.3 Å². The van der Waals surface area contributed by atoms with Gasteiger partial charge in [-0.2, -0.15) is 0 Å². The Morgan fingerprint density at radius 2 is 1.62 bits per heavy atom. The third-order valence-corrected chi connectivity index (χ3v) is 6.91. The summed E-state index contributed by atoms with van der Waals surface area (Å²) in [5.41, 5.74) is 4.54. The Morgan fingerprint density at radius 3 is 2.18 bits per heavy atom. The van der Waals surface area contributed by atoms with Crippen molar-refractivity contribution in [3.63, 3.8) is 0 Å². The lowest BCUT2D eigenvalue weighted by molar-refractivity contribution is -0.142. The van der Waals surface area contributed by atoms with E-state index in [9.17, 15) is 19.5 Å². The second kappa shape index (κ2) is 10.5. The summed E-state index contributed by atoms with van der Waals surface area (Å²) in [5, 5.41) is 16.5. The molecule has 7 nitrogen and oxygen atoms in total. The average molecular weight is 479 g/mol. The van der Waals surface area contributed by atoms with Crippen LogP contribution in [0.3, 0.4) is 0 Å². The molecule has 1 aliphatic carbocycles. The van der Waals surface area contributed by atoms with E-state index >= 15 is 0 Å². The second-order valence-electron chi connectivity index (χ2n) is 8.13. The summed E-state index contributed by atoms with van der Waals surface area (Å²) < 4.78 is 5.56. The fraction of sp³-hybridized carbons (Fsp3) is 0.269. The average Bonchev–Trinajstić information content (AvgIpc) is 3.47. The fourth-order valence-electron chi connectivity index (χ4n) is 4.26. The third kappa shape index (κ3) is 5.12. The SMILES string of the molecule is CC[C@@H](CC(=O)NC(C(=O)O)c1cccs1)NC(=O)OCC1c2ccccc2-c2ccccc21. The standard InChI is InChI=1S/C26H26N2O5S/c1-2-16(14-23(29)28-24(25(30)31)22-12-7-13-34-22)27-26(32)33-15-21-19-10-5-3-8-17(19)18-9-4-6-11-20(18)21/h3-13,16,21,24H,2,14-15H2,1H3,(H,27,32)(H,28,29)(H,30,31)/t16-,24?/m0/s1. The molecule has 4 rings (SSSR count). The molecule has 3 aromatic rings. The first kappa shape index (κ1) is 23.5. The lowest BCUT2D eigenvalue weighted by Gasteiger charge is -2.20. The smallest absolute Gasteiger partial charge is 0.407 e. The molecule has 0 bridgehead atoms. The van der Waals surface area contributed by atoms with Gasteiger partial charge in [0.05, 0.1) is 0 Å². The van der Waals surface area contributed by atoms with Gasteiger partial charge in [-0.15, -0.1) is 11.3 Å². The van der Waals surface area contributed by atoms with E-state index in [1.165, 1.54) is 11.3 Å². The number of amides is 2. The Labute approximate surface area is 201 Å². The zero-order chi connectivity index (χ0) is 24.1. The minimum Gasteiger partial charge on any atom is -0.479 e. The molecule has 0 saturated carbocycles. The van der Waals surface area contributed by atoms with Crippen molar-refractivity contribution in [2.45, 2.75) is 37.8 Å². The number of thiophene rings is 1. The largest absolute Gasteiger partial charge is 0.479 e. The number of nitrogens with one attached hydrogen (secondary N) is 2. The number of carboxylic acids is 1. The highest BCUT2D eigenvalue weighted by Gasteiger charge is 2.29. The van der Waals surface area contributed by atoms with Crippen molar-refractivity contribution in [2.24, 2.45) is 0 Å². The van der Waals surface area contributed by atoms with Crippen molar-refractivity contribution in [2.75, 3.05) is 6.61 Å². The van der Waals surface area contributed by atoms with Gasteiger partial charge < -0.3 is 20.5 Å². The van der Waals surface area contributed by atoms with E-state index in [0.29, 0.717) is 11.3 Å². The number of hydrogen-bond donors (Lipinski definition) is 3. The van der Waals surface area contributed by atoms with Crippen LogP contribution in [-0.4, -0.2) is 35.7 Å². The Morgan fingerprint density at radius 1 is 0.971 bits per heavy atom. The Bertz CT molecular complexity index is 1130. The number of alkyl carbamates (subject to hydrolysis) is 1. The summed E-state index contributed by atoms with van der Waals surface area (Å²) >= 11 is 1.26. The summed E-state index contributed by atoms with van der Waals surface area (Å²) in [6.45, 7) is 2.03. The number of carbonyl (C=O) groups excluding carboxylic acids is 2. The summed E-state index contributed by atoms with van der Waals surface area (Å²) in [4.78, 5) is 37.1. The molecule has 2 amide bonds. The molecule has 2 aromatic carbocycles. The molecule has 0 saturated heterocycles. The molecule has 8 heteroatoms. The van der Waals surface area contributed by atoms with Crippen LogP contribution < -0.4 is 10.6 Å². The minimum atomic E-state index is -1.13. The van der Waals surface area contributed by atoms with E-state index in [1.807, 2.05) is 43.3 Å². The molecule has 2 atom stereocenters. The molecule has 0 fully saturated rings. The maximum Gasteiger partial charge on any atom is 0.407 e. The molecule has 3 N–H and O–H groups in total. The van der Waals surface area contributed by atoms with Gasteiger partial charge in [-0.1, -0.05) is 61.5 Å². The summed E-state index contributed by atoms with van der Waals surface area (Å²) in [7, 11) is 0. The van der Waals surface area contributed by atoms with Crippen molar-refractivity contribution in [3.8, 4) is 11.1 Å². The Balaban J connectivity index is 1.33. The first-order chi connectivity index (χ1) is 16.5. The summed E-state index contributed by atoms with van der Waals surface area (Å²) in [6, 6.07) is 18.0. The maximum atomic E-state index is 12.5. The van der Waals surface area contributed by atoms with Crippen LogP contribution in [0.5, 0.6) is 0 Å². The van der Waals surface area contributed by atoms with E-state index in [4.69, 9.17) is 4.74 Å². The number of carboxylic acid groups (broad SMARTS) is 1. The van der Waals surface area contributed by atoms with Gasteiger partial charge in [-0.05, 0) is 40.1 Å². The van der Waals surface area contributed by atoms with Gasteiger partial charge in [-0.25, -0.2) is 9.59 Å². The minimum absolute atomic E-state index is 0.0458. The number of benzene rings is 2. The van der Waals surface area contributed by atoms with Crippen LogP contribution in [0.1, 0.15) is 47.7 Å². The highest BCUT2D eigenvalue weighted by atomic mass is 32.1. The first-order valence-electron chi connectivity index (χ1n) is 11.1. The lowest BCUT2D eigenvalue weighted by Crippen LogP contribution is -2.41. The van der Waals surface area contributed by atoms with Crippen LogP contribution in [0.4, 0.5) is 4.79 Å². The van der Waals surface area contributed by atoms with Crippen molar-refractivity contribution < 1.29 is 24.2 Å². The molecule has 0 aliphatic heterocycles. The maximum absolute atomic E-state index is 12.5. The molecule has 176 valence electrons. The van der Waals surface area contributed by atoms with E-state index in [-0.39, 0.29) is 18.9 Å². The number of hydrogen-bond acceptors (Lipinski definition) is 5. The Kier molecular flexibility index (Phi) is 7.27. The molecule has 1 aromatic heterocycles. The predicted octanol–water partition coefficient (Wildman–Crippen LogP) is 4.70. The van der Waals surface area contributed by atoms with Crippen LogP contribution in [0.15, 0.2) is 66.0 Å². The van der Waals surface area contributed by atoms with Crippen molar-refractivity contribution in [1.29, 1.82) is 0 Å². The molecule has 0 radical (unpaired) electrons. The van der Waals surface area contributed by atoms with E-state index < -0.39 is 30.1 Å². The number of carbonyl (C=O) groups is 3. The molecule has 1 heterocycles. The molecular weight excluding hydrogens is 452 g/mol. The number of rotatable bonds is 9. The van der Waals surface area contributed by atoms with Gasteiger partial charge in [0.2, 0.25) is 5.91 Å². The topological polar surface area (TPSA) is 105 Å². The van der Waals surface area contributed by atoms with Gasteiger partial charge >= 0.3 is 12.1 Å². The van der Waals surface area contributed by atoms with E-state index in [1.54, 1.807) is 17.5 Å². The Hall–Kier alpha value is -3.65. The van der Waals surface area contributed by atoms with Crippen molar-refractivity contribution in [3.05, 3.63) is 82.0 Å². The van der Waals surface area contributed by atoms with E-state index in [0.717, 1.165) is 22.3 Å². The molecule has 34 heavy (non-hydrogen) atoms. The van der Waals surface area contributed by atoms with Crippen LogP contribution in [0, 0.1) is 0 Å². The summed E-state index contributed by atoms with van der Waals surface area (Å²) in [5.74, 6) is -1.64. The van der Waals surface area contributed by atoms with Crippen LogP contribution in [-0.2, 0) is 14.3 Å². The highest BCUT2D eigenvalue weighted by Crippen LogP contribution is 2.44. The number of aliphatic carboxylic acids is 1. The first-order valence-corrected chi connectivity index (χ1v) is 12.0. The van der Waals surface area contributed by atoms with Crippen LogP contribution in [0.25, 0.3) is 11.1 Å². The van der Waals surface area contributed by atoms with Crippen LogP contribution in [0.2, 0.25) is 0 Å². The van der Waals surface area contributed by atoms with E-state index in [2.05, 4.69) is 22.8 Å². The quantitative estimate of drug-likeness (QED) is 0.414. The highest BCUT2D eigenvalue weighted by molar-refractivity contribution is 7.10. The lowest BCUT2D eigenvalue weighted by atomic mass is 9.98. The molecule has 1 unspecified atom stereocenters. The molecular formula is C26H26N2O5S. The number of ether oxygens (including phenoxy) is 1. The van der Waals surface area contributed by atoms with Gasteiger partial charge in [0.25, 0.3) is 0 Å². The second-order valence-corrected chi connectivity index (χ2v) is 9.11. The van der Waals surface area contributed by atoms with Gasteiger partial charge in [-0.3, -0.25) is 4.79 Å². The third-order valence-electron chi connectivity index (χ3n) is 5.97. The van der Waals surface area contributed by atoms with Gasteiger partial charge in [0.15, 0.2) is 6.04 Å². The zero-order valence-electron chi connectivity index (χ0n) is 18.7. The fourth-order valence-corrected chi connectivity index (χ4v) is 5.03. The summed E-state index contributed by atoms with van der Waals surface area (Å²) in [6.07, 6.45) is -0.154. The normalized spacial score (nSPS) is 13.9. The van der Waals surface area contributed by atoms with Gasteiger partial charge in [0, 0.05) is 23.3 Å². The van der Waals surface area contributed by atoms with Gasteiger partial charge in [0.1, 0.15) is 6.61 Å². The monoisotopic (exact) mass is 478 g/mol. The number of fused-ring (bicyclic) bond motifs is 3. The van der Waals surface area contributed by atoms with Crippen molar-refractivity contribution >= 4 is 29.3 Å². The van der Waals surface area contributed by atoms with Crippen molar-refractivity contribution in [1.82, 2.24) is 10.6 Å².